The summed E-state index contributed by atoms with van der Waals surface area (Å²) in [5, 5.41) is 9.30. The molecule has 0 aliphatic carbocycles. The average molecular weight is 333 g/mol. The summed E-state index contributed by atoms with van der Waals surface area (Å²) in [7, 11) is 0. The Hall–Kier alpha value is -1.61. The summed E-state index contributed by atoms with van der Waals surface area (Å²) in [6, 6.07) is 13.5. The van der Waals surface area contributed by atoms with Gasteiger partial charge in [0.15, 0.2) is 0 Å². The molecule has 2 nitrogen and oxygen atoms in total. The number of hydrogen-bond acceptors (Lipinski definition) is 1. The van der Waals surface area contributed by atoms with E-state index in [2.05, 4.69) is 41.9 Å². The molecule has 2 aromatic carbocycles. The summed E-state index contributed by atoms with van der Waals surface area (Å²) in [4.78, 5) is 11.3. The summed E-state index contributed by atoms with van der Waals surface area (Å²) >= 11 is 3.31. The summed E-state index contributed by atoms with van der Waals surface area (Å²) in [5.41, 5.74) is 3.27. The molecule has 0 spiro atoms. The van der Waals surface area contributed by atoms with Crippen LogP contribution >= 0.6 is 15.9 Å². The molecular formula is C17H17BrO2. The number of carboxylic acids is 1. The lowest BCUT2D eigenvalue weighted by Gasteiger charge is -2.09. The summed E-state index contributed by atoms with van der Waals surface area (Å²) < 4.78 is 0.773. The van der Waals surface area contributed by atoms with Gasteiger partial charge in [-0.25, -0.2) is 4.79 Å². The Bertz CT molecular complexity index is 615. The van der Waals surface area contributed by atoms with Gasteiger partial charge in [-0.05, 0) is 41.2 Å². The topological polar surface area (TPSA) is 37.3 Å². The van der Waals surface area contributed by atoms with E-state index in [-0.39, 0.29) is 0 Å². The molecule has 104 valence electrons. The van der Waals surface area contributed by atoms with Crippen molar-refractivity contribution in [3.8, 4) is 11.1 Å². The van der Waals surface area contributed by atoms with E-state index < -0.39 is 5.97 Å². The van der Waals surface area contributed by atoms with Gasteiger partial charge in [0, 0.05) is 4.47 Å². The largest absolute Gasteiger partial charge is 0.478 e. The van der Waals surface area contributed by atoms with Crippen molar-refractivity contribution in [2.45, 2.75) is 20.3 Å². The minimum absolute atomic E-state index is 0.316. The van der Waals surface area contributed by atoms with Gasteiger partial charge in [0.25, 0.3) is 0 Å². The fourth-order valence-corrected chi connectivity index (χ4v) is 2.60. The number of carbonyl (C=O) groups is 1. The molecule has 3 heteroatoms. The van der Waals surface area contributed by atoms with E-state index in [1.807, 2.05) is 24.3 Å². The highest BCUT2D eigenvalue weighted by atomic mass is 79.9. The second-order valence-electron chi connectivity index (χ2n) is 5.29. The Morgan fingerprint density at radius 2 is 1.80 bits per heavy atom. The third-order valence-electron chi connectivity index (χ3n) is 3.12. The molecule has 2 rings (SSSR count). The first-order valence-corrected chi connectivity index (χ1v) is 7.39. The van der Waals surface area contributed by atoms with Crippen molar-refractivity contribution in [2.75, 3.05) is 0 Å². The monoisotopic (exact) mass is 332 g/mol. The van der Waals surface area contributed by atoms with Crippen molar-refractivity contribution in [3.63, 3.8) is 0 Å². The van der Waals surface area contributed by atoms with Gasteiger partial charge in [0.05, 0.1) is 5.56 Å². The van der Waals surface area contributed by atoms with Crippen molar-refractivity contribution < 1.29 is 9.90 Å². The first-order valence-electron chi connectivity index (χ1n) is 6.59. The zero-order valence-corrected chi connectivity index (χ0v) is 13.1. The molecule has 0 unspecified atom stereocenters. The maximum atomic E-state index is 11.3. The average Bonchev–Trinajstić information content (AvgIpc) is 2.39. The highest BCUT2D eigenvalue weighted by Gasteiger charge is 2.12. The van der Waals surface area contributed by atoms with E-state index in [1.165, 1.54) is 5.56 Å². The predicted octanol–water partition coefficient (Wildman–Crippen LogP) is 5.01. The Balaban J connectivity index is 2.39. The first-order chi connectivity index (χ1) is 9.47. The molecule has 0 aliphatic heterocycles. The van der Waals surface area contributed by atoms with Gasteiger partial charge in [-0.15, -0.1) is 0 Å². The maximum absolute atomic E-state index is 11.3. The smallest absolute Gasteiger partial charge is 0.336 e. The van der Waals surface area contributed by atoms with E-state index in [4.69, 9.17) is 0 Å². The second kappa shape index (κ2) is 6.23. The lowest BCUT2D eigenvalue weighted by molar-refractivity contribution is 0.0697. The van der Waals surface area contributed by atoms with Crippen LogP contribution in [0.2, 0.25) is 0 Å². The van der Waals surface area contributed by atoms with Crippen molar-refractivity contribution in [1.29, 1.82) is 0 Å². The quantitative estimate of drug-likeness (QED) is 0.854. The van der Waals surface area contributed by atoms with Gasteiger partial charge < -0.3 is 5.11 Å². The normalized spacial score (nSPS) is 10.8. The molecule has 0 saturated heterocycles. The number of hydrogen-bond donors (Lipinski definition) is 1. The van der Waals surface area contributed by atoms with E-state index in [0.717, 1.165) is 22.0 Å². The molecule has 0 aliphatic rings. The zero-order chi connectivity index (χ0) is 14.7. The lowest BCUT2D eigenvalue weighted by atomic mass is 9.96. The van der Waals surface area contributed by atoms with Crippen molar-refractivity contribution in [2.24, 2.45) is 5.92 Å². The molecule has 0 radical (unpaired) electrons. The molecule has 0 heterocycles. The Kier molecular flexibility index (Phi) is 4.61. The van der Waals surface area contributed by atoms with Crippen LogP contribution in [0.4, 0.5) is 0 Å². The Labute approximate surface area is 127 Å². The molecule has 0 amide bonds. The molecule has 2 aromatic rings. The van der Waals surface area contributed by atoms with Crippen LogP contribution in [0, 0.1) is 5.92 Å². The van der Waals surface area contributed by atoms with Crippen LogP contribution in [-0.4, -0.2) is 11.1 Å². The summed E-state index contributed by atoms with van der Waals surface area (Å²) in [5.74, 6) is -0.296. The molecule has 1 N–H and O–H groups in total. The maximum Gasteiger partial charge on any atom is 0.336 e. The number of halogens is 1. The van der Waals surface area contributed by atoms with Crippen LogP contribution in [0.1, 0.15) is 29.8 Å². The Morgan fingerprint density at radius 3 is 2.35 bits per heavy atom. The van der Waals surface area contributed by atoms with E-state index in [1.54, 1.807) is 6.07 Å². The van der Waals surface area contributed by atoms with Crippen LogP contribution in [0.25, 0.3) is 11.1 Å². The van der Waals surface area contributed by atoms with Crippen LogP contribution in [-0.2, 0) is 6.42 Å². The molecule has 0 bridgehead atoms. The van der Waals surface area contributed by atoms with E-state index in [0.29, 0.717) is 11.5 Å². The fourth-order valence-electron chi connectivity index (χ4n) is 2.24. The molecule has 0 aromatic heterocycles. The van der Waals surface area contributed by atoms with Crippen LogP contribution < -0.4 is 0 Å². The Morgan fingerprint density at radius 1 is 1.15 bits per heavy atom. The molecule has 0 fully saturated rings. The zero-order valence-electron chi connectivity index (χ0n) is 11.6. The fraction of sp³-hybridized carbons (Fsp3) is 0.235. The number of rotatable bonds is 4. The van der Waals surface area contributed by atoms with Crippen molar-refractivity contribution in [3.05, 3.63) is 58.1 Å². The summed E-state index contributed by atoms with van der Waals surface area (Å²) in [6.07, 6.45) is 1.03. The standard InChI is InChI=1S/C17H17BrO2/c1-11(2)9-12-3-5-13(6-4-12)15-8-7-14(18)10-16(15)17(19)20/h3-8,10-11H,9H2,1-2H3,(H,19,20). The first kappa shape index (κ1) is 14.8. The van der Waals surface area contributed by atoms with Gasteiger partial charge in [0.1, 0.15) is 0 Å². The van der Waals surface area contributed by atoms with Gasteiger partial charge >= 0.3 is 5.97 Å². The number of carboxylic acid groups (broad SMARTS) is 1. The number of aromatic carboxylic acids is 1. The lowest BCUT2D eigenvalue weighted by Crippen LogP contribution is -2.00. The SMILES string of the molecule is CC(C)Cc1ccc(-c2ccc(Br)cc2C(=O)O)cc1. The van der Waals surface area contributed by atoms with Crippen LogP contribution in [0.5, 0.6) is 0 Å². The van der Waals surface area contributed by atoms with Crippen molar-refractivity contribution in [1.82, 2.24) is 0 Å². The minimum Gasteiger partial charge on any atom is -0.478 e. The van der Waals surface area contributed by atoms with Crippen molar-refractivity contribution >= 4 is 21.9 Å². The summed E-state index contributed by atoms with van der Waals surface area (Å²) in [6.45, 7) is 4.37. The highest BCUT2D eigenvalue weighted by Crippen LogP contribution is 2.27. The third-order valence-corrected chi connectivity index (χ3v) is 3.61. The molecule has 0 saturated carbocycles. The van der Waals surface area contributed by atoms with Gasteiger partial charge in [-0.3, -0.25) is 0 Å². The van der Waals surface area contributed by atoms with Gasteiger partial charge in [-0.1, -0.05) is 60.1 Å². The predicted molar refractivity (Wildman–Crippen MR) is 85.1 cm³/mol. The number of benzene rings is 2. The molecule has 0 atom stereocenters. The van der Waals surface area contributed by atoms with E-state index in [9.17, 15) is 9.90 Å². The van der Waals surface area contributed by atoms with Crippen LogP contribution in [0.15, 0.2) is 46.9 Å². The second-order valence-corrected chi connectivity index (χ2v) is 6.21. The highest BCUT2D eigenvalue weighted by molar-refractivity contribution is 9.10. The molecular weight excluding hydrogens is 316 g/mol. The van der Waals surface area contributed by atoms with Gasteiger partial charge in [-0.2, -0.15) is 0 Å². The van der Waals surface area contributed by atoms with Crippen LogP contribution in [0.3, 0.4) is 0 Å². The third kappa shape index (κ3) is 3.48. The van der Waals surface area contributed by atoms with Gasteiger partial charge in [0.2, 0.25) is 0 Å². The van der Waals surface area contributed by atoms with E-state index >= 15 is 0 Å². The minimum atomic E-state index is -0.910. The molecule has 20 heavy (non-hydrogen) atoms.